The molecule has 0 bridgehead atoms. The van der Waals surface area contributed by atoms with Crippen molar-refractivity contribution in [3.63, 3.8) is 0 Å². The van der Waals surface area contributed by atoms with Gasteiger partial charge in [-0.15, -0.1) is 0 Å². The number of nitrogens with one attached hydrogen (secondary N) is 1. The summed E-state index contributed by atoms with van der Waals surface area (Å²) in [6, 6.07) is 34.8. The van der Waals surface area contributed by atoms with Crippen molar-refractivity contribution in [3.8, 4) is 11.1 Å². The van der Waals surface area contributed by atoms with Gasteiger partial charge in [-0.05, 0) is 66.4 Å². The molecule has 0 spiro atoms. The second kappa shape index (κ2) is 16.2. The van der Waals surface area contributed by atoms with E-state index in [-0.39, 0.29) is 36.7 Å². The van der Waals surface area contributed by atoms with Gasteiger partial charge in [-0.2, -0.15) is 0 Å². The minimum absolute atomic E-state index is 0.00828. The molecule has 5 rings (SSSR count). The van der Waals surface area contributed by atoms with Crippen LogP contribution in [-0.4, -0.2) is 47.7 Å². The number of carbonyl (C=O) groups is 2. The van der Waals surface area contributed by atoms with Gasteiger partial charge in [0.2, 0.25) is 0 Å². The van der Waals surface area contributed by atoms with E-state index in [1.807, 2.05) is 72.8 Å². The molecule has 48 heavy (non-hydrogen) atoms. The first-order chi connectivity index (χ1) is 23.1. The summed E-state index contributed by atoms with van der Waals surface area (Å²) < 4.78 is 18.5. The Labute approximate surface area is 283 Å². The fourth-order valence-corrected chi connectivity index (χ4v) is 6.12. The molecule has 0 aliphatic carbocycles. The summed E-state index contributed by atoms with van der Waals surface area (Å²) in [6.45, 7) is 8.24. The Bertz CT molecular complexity index is 1660. The Hall–Kier alpha value is -4.34. The van der Waals surface area contributed by atoms with Gasteiger partial charge in [0, 0.05) is 37.5 Å². The van der Waals surface area contributed by atoms with E-state index in [0.717, 1.165) is 33.4 Å². The van der Waals surface area contributed by atoms with Crippen LogP contribution in [0, 0.1) is 5.92 Å². The van der Waals surface area contributed by atoms with Crippen molar-refractivity contribution in [2.24, 2.45) is 5.92 Å². The summed E-state index contributed by atoms with van der Waals surface area (Å²) >= 11 is 0. The second-order valence-corrected chi connectivity index (χ2v) is 12.6. The van der Waals surface area contributed by atoms with Gasteiger partial charge in [-0.3, -0.25) is 14.5 Å². The minimum Gasteiger partial charge on any atom is -0.453 e. The van der Waals surface area contributed by atoms with E-state index in [2.05, 4.69) is 61.4 Å². The predicted octanol–water partition coefficient (Wildman–Crippen LogP) is 6.90. The maximum absolute atomic E-state index is 12.4. The average molecular weight is 651 g/mol. The van der Waals surface area contributed by atoms with Crippen molar-refractivity contribution in [2.75, 3.05) is 13.6 Å². The Kier molecular flexibility index (Phi) is 11.8. The zero-order chi connectivity index (χ0) is 34.2. The molecule has 2 N–H and O–H groups in total. The summed E-state index contributed by atoms with van der Waals surface area (Å²) in [5.74, 6) is -0.784. The molecule has 1 fully saturated rings. The lowest BCUT2D eigenvalue weighted by atomic mass is 9.89. The van der Waals surface area contributed by atoms with E-state index in [9.17, 15) is 14.7 Å². The van der Waals surface area contributed by atoms with Crippen LogP contribution in [-0.2, 0) is 37.0 Å². The van der Waals surface area contributed by atoms with Crippen molar-refractivity contribution >= 4 is 11.9 Å². The monoisotopic (exact) mass is 650 g/mol. The zero-order valence-electron chi connectivity index (χ0n) is 28.3. The van der Waals surface area contributed by atoms with E-state index in [1.54, 1.807) is 6.92 Å². The smallest absolute Gasteiger partial charge is 0.303 e. The summed E-state index contributed by atoms with van der Waals surface area (Å²) in [5.41, 5.74) is 6.97. The predicted molar refractivity (Wildman–Crippen MR) is 185 cm³/mol. The topological polar surface area (TPSA) is 97.3 Å². The first kappa shape index (κ1) is 35.0. The van der Waals surface area contributed by atoms with Crippen LogP contribution >= 0.6 is 0 Å². The molecule has 1 amide bonds. The van der Waals surface area contributed by atoms with Gasteiger partial charge in [0.05, 0.1) is 18.8 Å². The van der Waals surface area contributed by atoms with Crippen molar-refractivity contribution in [2.45, 2.75) is 71.5 Å². The van der Waals surface area contributed by atoms with Crippen LogP contribution in [0.4, 0.5) is 0 Å². The van der Waals surface area contributed by atoms with Crippen LogP contribution < -0.4 is 5.32 Å². The van der Waals surface area contributed by atoms with Gasteiger partial charge < -0.3 is 24.6 Å². The highest BCUT2D eigenvalue weighted by atomic mass is 16.7. The molecule has 0 saturated carbocycles. The third-order valence-electron chi connectivity index (χ3n) is 9.13. The summed E-state index contributed by atoms with van der Waals surface area (Å²) in [7, 11) is 2.14. The molecule has 252 valence electrons. The number of hydrogen-bond acceptors (Lipinski definition) is 7. The summed E-state index contributed by atoms with van der Waals surface area (Å²) in [4.78, 5) is 25.9. The molecule has 6 atom stereocenters. The molecule has 4 aromatic carbocycles. The molecule has 1 aliphatic heterocycles. The number of likely N-dealkylation sites (N-methyl/N-ethyl adjacent to an activating group) is 1. The van der Waals surface area contributed by atoms with Gasteiger partial charge in [-0.1, -0.05) is 97.9 Å². The molecule has 1 aliphatic rings. The molecular weight excluding hydrogens is 604 g/mol. The molecule has 1 saturated heterocycles. The molecule has 8 heteroatoms. The van der Waals surface area contributed by atoms with Gasteiger partial charge in [-0.25, -0.2) is 0 Å². The number of hydrogen-bond donors (Lipinski definition) is 2. The van der Waals surface area contributed by atoms with Crippen molar-refractivity contribution in [1.82, 2.24) is 10.2 Å². The maximum atomic E-state index is 12.4. The number of aliphatic hydroxyl groups is 1. The lowest BCUT2D eigenvalue weighted by Gasteiger charge is -2.43. The zero-order valence-corrected chi connectivity index (χ0v) is 28.3. The fraction of sp³-hybridized carbons (Fsp3) is 0.350. The number of benzene rings is 4. The highest BCUT2D eigenvalue weighted by molar-refractivity contribution is 5.82. The number of nitrogens with zero attached hydrogens (tertiary/aromatic N) is 1. The third-order valence-corrected chi connectivity index (χ3v) is 9.13. The van der Waals surface area contributed by atoms with Gasteiger partial charge in [0.25, 0.3) is 5.91 Å². The average Bonchev–Trinajstić information content (AvgIpc) is 3.11. The maximum Gasteiger partial charge on any atom is 0.303 e. The number of amides is 1. The molecule has 1 heterocycles. The van der Waals surface area contributed by atoms with E-state index in [1.165, 1.54) is 12.5 Å². The van der Waals surface area contributed by atoms with Crippen LogP contribution in [0.5, 0.6) is 0 Å². The number of ether oxygens (including phenoxy) is 3. The molecular formula is C40H46N2O6. The highest BCUT2D eigenvalue weighted by Crippen LogP contribution is 2.42. The van der Waals surface area contributed by atoms with Crippen LogP contribution in [0.1, 0.15) is 73.9 Å². The lowest BCUT2D eigenvalue weighted by molar-refractivity contribution is -0.276. The largest absolute Gasteiger partial charge is 0.453 e. The lowest BCUT2D eigenvalue weighted by Crippen LogP contribution is -2.44. The SMILES string of the molecule is CC(=O)O[C@@H](C)C(=O)NCc1cccc(-c2cccc([C@H]3O[C@@H](CN(C)[C@@H](C)c4ccccc4)[C@@H](C)[C@@H](c4ccc(CO)cc4)O3)c2)c1. The second-order valence-electron chi connectivity index (χ2n) is 12.6. The van der Waals surface area contributed by atoms with Gasteiger partial charge in [0.15, 0.2) is 12.4 Å². The van der Waals surface area contributed by atoms with Crippen molar-refractivity contribution < 1.29 is 28.9 Å². The fourth-order valence-electron chi connectivity index (χ4n) is 6.12. The van der Waals surface area contributed by atoms with Crippen LogP contribution in [0.25, 0.3) is 11.1 Å². The Balaban J connectivity index is 1.37. The van der Waals surface area contributed by atoms with Crippen molar-refractivity contribution in [1.29, 1.82) is 0 Å². The first-order valence-electron chi connectivity index (χ1n) is 16.5. The van der Waals surface area contributed by atoms with Crippen LogP contribution in [0.3, 0.4) is 0 Å². The Morgan fingerprint density at radius 1 is 0.854 bits per heavy atom. The highest BCUT2D eigenvalue weighted by Gasteiger charge is 2.39. The van der Waals surface area contributed by atoms with Gasteiger partial charge >= 0.3 is 5.97 Å². The van der Waals surface area contributed by atoms with Gasteiger partial charge in [0.1, 0.15) is 0 Å². The van der Waals surface area contributed by atoms with Crippen LogP contribution in [0.2, 0.25) is 0 Å². The van der Waals surface area contributed by atoms with E-state index in [0.29, 0.717) is 13.1 Å². The first-order valence-corrected chi connectivity index (χ1v) is 16.5. The summed E-state index contributed by atoms with van der Waals surface area (Å²) in [6.07, 6.45) is -1.79. The molecule has 4 aromatic rings. The number of rotatable bonds is 12. The third kappa shape index (κ3) is 8.76. The Morgan fingerprint density at radius 3 is 2.23 bits per heavy atom. The molecule has 0 radical (unpaired) electrons. The quantitative estimate of drug-likeness (QED) is 0.161. The molecule has 0 unspecified atom stereocenters. The standard InChI is InChI=1S/C40H46N2O6/c1-26-37(24-42(5)27(2)32-12-7-6-8-13-32)47-40(48-38(26)33-19-17-30(25-43)18-20-33)36-16-10-15-35(22-36)34-14-9-11-31(21-34)23-41-39(45)28(3)46-29(4)44/h6-22,26-28,37-38,40,43H,23-25H2,1-5H3,(H,41,45)/t26-,27+,28+,37+,38+,40+/m1/s1. The van der Waals surface area contributed by atoms with E-state index >= 15 is 0 Å². The molecule has 0 aromatic heterocycles. The Morgan fingerprint density at radius 2 is 1.54 bits per heavy atom. The minimum atomic E-state index is -0.859. The molecule has 8 nitrogen and oxygen atoms in total. The van der Waals surface area contributed by atoms with Crippen molar-refractivity contribution in [3.05, 3.63) is 131 Å². The normalized spacial score (nSPS) is 20.6. The number of esters is 1. The number of carbonyl (C=O) groups excluding carboxylic acids is 2. The number of aliphatic hydroxyl groups excluding tert-OH is 1. The van der Waals surface area contributed by atoms with E-state index in [4.69, 9.17) is 14.2 Å². The van der Waals surface area contributed by atoms with Crippen LogP contribution in [0.15, 0.2) is 103 Å². The van der Waals surface area contributed by atoms with E-state index < -0.39 is 18.4 Å². The summed E-state index contributed by atoms with van der Waals surface area (Å²) in [5, 5.41) is 12.5.